The fourth-order valence-electron chi connectivity index (χ4n) is 4.81. The van der Waals surface area contributed by atoms with Crippen molar-refractivity contribution in [2.45, 2.75) is 37.5 Å². The van der Waals surface area contributed by atoms with Crippen molar-refractivity contribution in [3.8, 4) is 5.95 Å². The van der Waals surface area contributed by atoms with Gasteiger partial charge in [0.15, 0.2) is 0 Å². The van der Waals surface area contributed by atoms with Gasteiger partial charge in [0, 0.05) is 52.8 Å². The molecule has 0 saturated heterocycles. The summed E-state index contributed by atoms with van der Waals surface area (Å²) in [5.41, 5.74) is 2.63. The lowest BCUT2D eigenvalue weighted by molar-refractivity contribution is 0.0938. The first-order valence-electron chi connectivity index (χ1n) is 10.9. The minimum atomic E-state index is -0.0922. The first-order chi connectivity index (χ1) is 15.7. The molecule has 162 valence electrons. The van der Waals surface area contributed by atoms with Gasteiger partial charge in [0.1, 0.15) is 0 Å². The molecule has 4 aromatic rings. The van der Waals surface area contributed by atoms with E-state index in [9.17, 15) is 4.79 Å². The largest absolute Gasteiger partial charge is 0.351 e. The zero-order chi connectivity index (χ0) is 22.0. The topological polar surface area (TPSA) is 72.7 Å². The van der Waals surface area contributed by atoms with E-state index >= 15 is 0 Å². The summed E-state index contributed by atoms with van der Waals surface area (Å²) < 4.78 is 2.74. The Bertz CT molecular complexity index is 1230. The van der Waals surface area contributed by atoms with Crippen LogP contribution in [0.5, 0.6) is 0 Å². The number of hydrogen-bond donors (Lipinski definition) is 1. The number of halogens is 1. The van der Waals surface area contributed by atoms with Gasteiger partial charge in [-0.2, -0.15) is 0 Å². The van der Waals surface area contributed by atoms with E-state index in [2.05, 4.69) is 42.3 Å². The fourth-order valence-corrected chi connectivity index (χ4v) is 5.38. The van der Waals surface area contributed by atoms with Gasteiger partial charge >= 0.3 is 0 Å². The maximum absolute atomic E-state index is 13.5. The van der Waals surface area contributed by atoms with Crippen LogP contribution in [0.2, 0.25) is 0 Å². The number of hydrogen-bond acceptors (Lipinski definition) is 4. The van der Waals surface area contributed by atoms with Crippen LogP contribution in [-0.2, 0) is 5.41 Å². The first-order valence-corrected chi connectivity index (χ1v) is 11.7. The number of nitrogens with one attached hydrogen (secondary N) is 1. The van der Waals surface area contributed by atoms with Gasteiger partial charge in [-0.25, -0.2) is 9.97 Å². The van der Waals surface area contributed by atoms with Gasteiger partial charge in [0.2, 0.25) is 5.95 Å². The van der Waals surface area contributed by atoms with Gasteiger partial charge in [-0.3, -0.25) is 14.3 Å². The second-order valence-corrected chi connectivity index (χ2v) is 9.22. The van der Waals surface area contributed by atoms with Gasteiger partial charge in [0.05, 0.1) is 11.1 Å². The first kappa shape index (κ1) is 20.8. The van der Waals surface area contributed by atoms with E-state index in [1.54, 1.807) is 24.7 Å². The number of nitrogens with zero attached hydrogens (tertiary/aromatic N) is 4. The molecule has 0 unspecified atom stereocenters. The number of pyridine rings is 1. The van der Waals surface area contributed by atoms with Crippen LogP contribution in [0.3, 0.4) is 0 Å². The van der Waals surface area contributed by atoms with Crippen molar-refractivity contribution in [3.63, 3.8) is 0 Å². The standard InChI is InChI=1S/C25H24BrN5O/c26-20-8-4-9-21-22(20)19(16-31(21)24-28-13-6-14-29-24)23(32)30-17-25(10-2-1-3-11-25)18-7-5-12-27-15-18/h4-9,12-16H,1-3,10-11,17H2,(H,30,32). The molecule has 5 rings (SSSR count). The highest BCUT2D eigenvalue weighted by Gasteiger charge is 2.35. The van der Waals surface area contributed by atoms with E-state index in [4.69, 9.17) is 0 Å². The number of aromatic nitrogens is 4. The molecule has 7 heteroatoms. The lowest BCUT2D eigenvalue weighted by Gasteiger charge is -2.37. The Morgan fingerprint density at radius 3 is 2.59 bits per heavy atom. The van der Waals surface area contributed by atoms with Crippen molar-refractivity contribution in [1.82, 2.24) is 24.8 Å². The van der Waals surface area contributed by atoms with Crippen molar-refractivity contribution < 1.29 is 4.79 Å². The van der Waals surface area contributed by atoms with Crippen LogP contribution in [0.15, 0.2) is 71.9 Å². The quantitative estimate of drug-likeness (QED) is 0.417. The van der Waals surface area contributed by atoms with E-state index < -0.39 is 0 Å². The molecule has 0 aliphatic heterocycles. The van der Waals surface area contributed by atoms with Crippen LogP contribution in [-0.4, -0.2) is 32.0 Å². The molecule has 1 aliphatic rings. The summed E-state index contributed by atoms with van der Waals surface area (Å²) in [4.78, 5) is 26.6. The van der Waals surface area contributed by atoms with Gasteiger partial charge in [-0.1, -0.05) is 47.3 Å². The molecular formula is C25H24BrN5O. The number of carbonyl (C=O) groups excluding carboxylic acids is 1. The number of amides is 1. The van der Waals surface area contributed by atoms with E-state index in [-0.39, 0.29) is 11.3 Å². The molecule has 32 heavy (non-hydrogen) atoms. The predicted octanol–water partition coefficient (Wildman–Crippen LogP) is 5.21. The molecular weight excluding hydrogens is 466 g/mol. The highest BCUT2D eigenvalue weighted by Crippen LogP contribution is 2.39. The molecule has 1 fully saturated rings. The summed E-state index contributed by atoms with van der Waals surface area (Å²) in [5, 5.41) is 4.11. The Hall–Kier alpha value is -3.06. The third kappa shape index (κ3) is 3.81. The van der Waals surface area contributed by atoms with Gasteiger partial charge in [-0.05, 0) is 42.7 Å². The Morgan fingerprint density at radius 2 is 1.84 bits per heavy atom. The SMILES string of the molecule is O=C(NCC1(c2cccnc2)CCCCC1)c1cn(-c2ncccn2)c2cccc(Br)c12. The zero-order valence-corrected chi connectivity index (χ0v) is 19.3. The smallest absolute Gasteiger partial charge is 0.253 e. The van der Waals surface area contributed by atoms with Crippen LogP contribution in [0.4, 0.5) is 0 Å². The highest BCUT2D eigenvalue weighted by molar-refractivity contribution is 9.10. The second-order valence-electron chi connectivity index (χ2n) is 8.36. The molecule has 0 atom stereocenters. The molecule has 1 aliphatic carbocycles. The number of fused-ring (bicyclic) bond motifs is 1. The second kappa shape index (κ2) is 8.82. The van der Waals surface area contributed by atoms with Gasteiger partial charge in [0.25, 0.3) is 5.91 Å². The Kier molecular flexibility index (Phi) is 5.74. The Balaban J connectivity index is 1.49. The van der Waals surface area contributed by atoms with E-state index in [1.807, 2.05) is 41.2 Å². The maximum Gasteiger partial charge on any atom is 0.253 e. The summed E-state index contributed by atoms with van der Waals surface area (Å²) in [6.45, 7) is 0.594. The molecule has 3 aromatic heterocycles. The summed E-state index contributed by atoms with van der Waals surface area (Å²) in [6, 6.07) is 11.8. The highest BCUT2D eigenvalue weighted by atomic mass is 79.9. The Labute approximate surface area is 195 Å². The van der Waals surface area contributed by atoms with Crippen molar-refractivity contribution in [1.29, 1.82) is 0 Å². The average Bonchev–Trinajstić information content (AvgIpc) is 3.25. The van der Waals surface area contributed by atoms with Crippen molar-refractivity contribution in [3.05, 3.63) is 83.0 Å². The zero-order valence-electron chi connectivity index (χ0n) is 17.7. The average molecular weight is 490 g/mol. The predicted molar refractivity (Wildman–Crippen MR) is 128 cm³/mol. The summed E-state index contributed by atoms with van der Waals surface area (Å²) in [5.74, 6) is 0.444. The summed E-state index contributed by atoms with van der Waals surface area (Å²) in [7, 11) is 0. The van der Waals surface area contributed by atoms with E-state index in [0.29, 0.717) is 18.1 Å². The third-order valence-electron chi connectivity index (χ3n) is 6.46. The van der Waals surface area contributed by atoms with E-state index in [1.165, 1.54) is 24.8 Å². The molecule has 0 radical (unpaired) electrons. The normalized spacial score (nSPS) is 15.5. The third-order valence-corrected chi connectivity index (χ3v) is 7.12. The minimum absolute atomic E-state index is 0.0691. The molecule has 1 N–H and O–H groups in total. The molecule has 3 heterocycles. The van der Waals surface area contributed by atoms with Crippen LogP contribution in [0, 0.1) is 0 Å². The van der Waals surface area contributed by atoms with Crippen LogP contribution in [0.1, 0.15) is 48.0 Å². The number of rotatable bonds is 5. The van der Waals surface area contributed by atoms with Crippen LogP contribution < -0.4 is 5.32 Å². The van der Waals surface area contributed by atoms with E-state index in [0.717, 1.165) is 28.2 Å². The molecule has 1 amide bonds. The fraction of sp³-hybridized carbons (Fsp3) is 0.280. The molecule has 0 bridgehead atoms. The monoisotopic (exact) mass is 489 g/mol. The van der Waals surface area contributed by atoms with Crippen molar-refractivity contribution in [2.24, 2.45) is 0 Å². The van der Waals surface area contributed by atoms with Crippen LogP contribution >= 0.6 is 15.9 Å². The maximum atomic E-state index is 13.5. The Morgan fingerprint density at radius 1 is 1.03 bits per heavy atom. The number of carbonyl (C=O) groups is 1. The van der Waals surface area contributed by atoms with Crippen molar-refractivity contribution >= 4 is 32.7 Å². The molecule has 6 nitrogen and oxygen atoms in total. The summed E-state index contributed by atoms with van der Waals surface area (Å²) in [6.07, 6.45) is 14.7. The lowest BCUT2D eigenvalue weighted by Crippen LogP contribution is -2.42. The molecule has 1 saturated carbocycles. The molecule has 0 spiro atoms. The minimum Gasteiger partial charge on any atom is -0.351 e. The number of benzene rings is 1. The van der Waals surface area contributed by atoms with Gasteiger partial charge in [-0.15, -0.1) is 0 Å². The van der Waals surface area contributed by atoms with Crippen LogP contribution in [0.25, 0.3) is 16.9 Å². The van der Waals surface area contributed by atoms with Crippen molar-refractivity contribution in [2.75, 3.05) is 6.54 Å². The lowest BCUT2D eigenvalue weighted by atomic mass is 9.70. The van der Waals surface area contributed by atoms with Gasteiger partial charge < -0.3 is 5.32 Å². The summed E-state index contributed by atoms with van der Waals surface area (Å²) >= 11 is 3.63. The molecule has 1 aromatic carbocycles.